The van der Waals surface area contributed by atoms with E-state index in [1.165, 1.54) is 6.08 Å². The van der Waals surface area contributed by atoms with Crippen molar-refractivity contribution >= 4 is 11.9 Å². The molecule has 0 spiro atoms. The van der Waals surface area contributed by atoms with Crippen LogP contribution in [0.4, 0.5) is 0 Å². The fraction of sp³-hybridized carbons (Fsp3) is 0.273. The quantitative estimate of drug-likeness (QED) is 0.722. The van der Waals surface area contributed by atoms with Gasteiger partial charge in [0.25, 0.3) is 0 Å². The van der Waals surface area contributed by atoms with Gasteiger partial charge in [-0.15, -0.1) is 0 Å². The molecule has 0 bridgehead atoms. The first-order chi connectivity index (χ1) is 6.86. The van der Waals surface area contributed by atoms with E-state index in [4.69, 9.17) is 10.2 Å². The van der Waals surface area contributed by atoms with Crippen LogP contribution in [0.3, 0.4) is 0 Å². The van der Waals surface area contributed by atoms with Crippen LogP contribution >= 0.6 is 0 Å². The van der Waals surface area contributed by atoms with E-state index in [9.17, 15) is 9.59 Å². The highest BCUT2D eigenvalue weighted by atomic mass is 16.4. The average Bonchev–Trinajstić information content (AvgIpc) is 2.12. The zero-order chi connectivity index (χ0) is 11.7. The molecule has 1 unspecified atom stereocenters. The van der Waals surface area contributed by atoms with E-state index in [2.05, 4.69) is 6.58 Å². The van der Waals surface area contributed by atoms with Crippen LogP contribution in [-0.2, 0) is 9.59 Å². The molecule has 0 aromatic heterocycles. The summed E-state index contributed by atoms with van der Waals surface area (Å²) in [7, 11) is 0. The predicted octanol–water partition coefficient (Wildman–Crippen LogP) is 1.60. The van der Waals surface area contributed by atoms with Gasteiger partial charge in [-0.2, -0.15) is 0 Å². The predicted molar refractivity (Wildman–Crippen MR) is 54.4 cm³/mol. The number of allylic oxidation sites excluding steroid dienone is 3. The molecular formula is C11H12O4. The monoisotopic (exact) mass is 208 g/mol. The number of carbonyl (C=O) groups is 2. The number of hydrogen-bond acceptors (Lipinski definition) is 2. The van der Waals surface area contributed by atoms with Crippen LogP contribution in [0.5, 0.6) is 0 Å². The summed E-state index contributed by atoms with van der Waals surface area (Å²) in [4.78, 5) is 21.8. The van der Waals surface area contributed by atoms with Crippen LogP contribution in [0.1, 0.15) is 13.8 Å². The molecule has 4 heteroatoms. The van der Waals surface area contributed by atoms with Crippen LogP contribution in [0.2, 0.25) is 0 Å². The minimum absolute atomic E-state index is 0.123. The zero-order valence-corrected chi connectivity index (χ0v) is 8.57. The van der Waals surface area contributed by atoms with Gasteiger partial charge in [0.2, 0.25) is 0 Å². The van der Waals surface area contributed by atoms with Crippen molar-refractivity contribution in [3.05, 3.63) is 34.9 Å². The van der Waals surface area contributed by atoms with Gasteiger partial charge < -0.3 is 10.2 Å². The first kappa shape index (κ1) is 11.2. The van der Waals surface area contributed by atoms with Gasteiger partial charge in [-0.3, -0.25) is 0 Å². The van der Waals surface area contributed by atoms with E-state index in [-0.39, 0.29) is 17.1 Å². The summed E-state index contributed by atoms with van der Waals surface area (Å²) >= 11 is 0. The Kier molecular flexibility index (Phi) is 2.79. The molecule has 1 aliphatic carbocycles. The summed E-state index contributed by atoms with van der Waals surface area (Å²) < 4.78 is 0. The van der Waals surface area contributed by atoms with Crippen molar-refractivity contribution in [1.82, 2.24) is 0 Å². The Morgan fingerprint density at radius 3 is 2.27 bits per heavy atom. The van der Waals surface area contributed by atoms with E-state index < -0.39 is 11.9 Å². The molecule has 0 heterocycles. The second-order valence-electron chi connectivity index (χ2n) is 3.52. The maximum Gasteiger partial charge on any atom is 0.336 e. The van der Waals surface area contributed by atoms with Gasteiger partial charge in [0.05, 0.1) is 11.1 Å². The highest BCUT2D eigenvalue weighted by Gasteiger charge is 2.29. The van der Waals surface area contributed by atoms with E-state index in [1.54, 1.807) is 13.8 Å². The first-order valence-corrected chi connectivity index (χ1v) is 4.44. The van der Waals surface area contributed by atoms with Crippen molar-refractivity contribution in [3.8, 4) is 0 Å². The highest BCUT2D eigenvalue weighted by Crippen LogP contribution is 2.32. The molecule has 0 saturated carbocycles. The smallest absolute Gasteiger partial charge is 0.336 e. The zero-order valence-electron chi connectivity index (χ0n) is 8.57. The fourth-order valence-corrected chi connectivity index (χ4v) is 1.54. The van der Waals surface area contributed by atoms with Gasteiger partial charge in [-0.05, 0) is 18.6 Å². The maximum atomic E-state index is 10.9. The molecule has 0 fully saturated rings. The Labute approximate surface area is 87.2 Å². The third-order valence-electron chi connectivity index (χ3n) is 2.64. The minimum Gasteiger partial charge on any atom is -0.478 e. The van der Waals surface area contributed by atoms with E-state index in [0.29, 0.717) is 11.1 Å². The Morgan fingerprint density at radius 1 is 1.33 bits per heavy atom. The number of carboxylic acids is 2. The number of rotatable bonds is 2. The fourth-order valence-electron chi connectivity index (χ4n) is 1.54. The van der Waals surface area contributed by atoms with E-state index in [1.807, 2.05) is 0 Å². The Hall–Kier alpha value is -1.84. The minimum atomic E-state index is -1.24. The lowest BCUT2D eigenvalue weighted by molar-refractivity contribution is -0.136. The summed E-state index contributed by atoms with van der Waals surface area (Å²) in [6, 6.07) is 0. The molecule has 4 nitrogen and oxygen atoms in total. The average molecular weight is 208 g/mol. The van der Waals surface area contributed by atoms with Gasteiger partial charge in [-0.25, -0.2) is 9.59 Å². The Bertz CT molecular complexity index is 412. The molecule has 1 atom stereocenters. The molecule has 15 heavy (non-hydrogen) atoms. The number of hydrogen-bond donors (Lipinski definition) is 2. The summed E-state index contributed by atoms with van der Waals surface area (Å²) in [5.74, 6) is -2.57. The summed E-state index contributed by atoms with van der Waals surface area (Å²) in [6.07, 6.45) is 1.32. The van der Waals surface area contributed by atoms with E-state index in [0.717, 1.165) is 0 Å². The van der Waals surface area contributed by atoms with Crippen LogP contribution in [0.25, 0.3) is 0 Å². The van der Waals surface area contributed by atoms with Crippen LogP contribution in [0, 0.1) is 5.92 Å². The summed E-state index contributed by atoms with van der Waals surface area (Å²) in [5, 5.41) is 17.8. The van der Waals surface area contributed by atoms with Gasteiger partial charge in [0, 0.05) is 5.92 Å². The van der Waals surface area contributed by atoms with Gasteiger partial charge in [0.1, 0.15) is 0 Å². The topological polar surface area (TPSA) is 74.6 Å². The molecule has 0 aromatic carbocycles. The molecule has 0 aliphatic heterocycles. The molecule has 0 amide bonds. The van der Waals surface area contributed by atoms with Gasteiger partial charge in [0.15, 0.2) is 0 Å². The van der Waals surface area contributed by atoms with Crippen molar-refractivity contribution in [2.45, 2.75) is 13.8 Å². The Morgan fingerprint density at radius 2 is 1.87 bits per heavy atom. The third-order valence-corrected chi connectivity index (χ3v) is 2.64. The molecule has 0 saturated heterocycles. The SMILES string of the molecule is C=C1C=C(C(=O)O)C(C(=O)O)=C(C)C1C. The second kappa shape index (κ2) is 3.73. The van der Waals surface area contributed by atoms with Crippen molar-refractivity contribution in [2.24, 2.45) is 5.92 Å². The van der Waals surface area contributed by atoms with Gasteiger partial charge >= 0.3 is 11.9 Å². The lowest BCUT2D eigenvalue weighted by Gasteiger charge is -2.22. The molecule has 2 N–H and O–H groups in total. The van der Waals surface area contributed by atoms with Gasteiger partial charge in [-0.1, -0.05) is 19.1 Å². The van der Waals surface area contributed by atoms with Crippen molar-refractivity contribution in [3.63, 3.8) is 0 Å². The Balaban J connectivity index is 3.39. The summed E-state index contributed by atoms with van der Waals surface area (Å²) in [5.41, 5.74) is 0.841. The maximum absolute atomic E-state index is 10.9. The van der Waals surface area contributed by atoms with Crippen LogP contribution in [-0.4, -0.2) is 22.2 Å². The largest absolute Gasteiger partial charge is 0.478 e. The summed E-state index contributed by atoms with van der Waals surface area (Å²) in [6.45, 7) is 7.13. The van der Waals surface area contributed by atoms with Crippen LogP contribution in [0.15, 0.2) is 34.9 Å². The molecule has 1 aliphatic rings. The normalized spacial score (nSPS) is 21.3. The molecular weight excluding hydrogens is 196 g/mol. The molecule has 0 radical (unpaired) electrons. The molecule has 1 rings (SSSR count). The third kappa shape index (κ3) is 1.83. The van der Waals surface area contributed by atoms with Crippen molar-refractivity contribution in [2.75, 3.05) is 0 Å². The first-order valence-electron chi connectivity index (χ1n) is 4.44. The van der Waals surface area contributed by atoms with Crippen LogP contribution < -0.4 is 0 Å². The van der Waals surface area contributed by atoms with E-state index >= 15 is 0 Å². The number of carboxylic acid groups (broad SMARTS) is 2. The lowest BCUT2D eigenvalue weighted by atomic mass is 9.82. The van der Waals surface area contributed by atoms with Crippen molar-refractivity contribution in [1.29, 1.82) is 0 Å². The van der Waals surface area contributed by atoms with Crippen molar-refractivity contribution < 1.29 is 19.8 Å². The lowest BCUT2D eigenvalue weighted by Crippen LogP contribution is -2.20. The standard InChI is InChI=1S/C11H12O4/c1-5-4-8(10(12)13)9(11(14)15)7(3)6(5)2/h4,6H,1H2,2-3H3,(H,12,13)(H,14,15). The second-order valence-corrected chi connectivity index (χ2v) is 3.52. The molecule has 0 aromatic rings. The highest BCUT2D eigenvalue weighted by molar-refractivity contribution is 6.07. The number of aliphatic carboxylic acids is 2. The molecule has 80 valence electrons.